The fraction of sp³-hybridized carbons (Fsp3) is 0.600. The van der Waals surface area contributed by atoms with Crippen molar-refractivity contribution in [2.24, 2.45) is 11.7 Å². The summed E-state index contributed by atoms with van der Waals surface area (Å²) in [6, 6.07) is 4.33. The van der Waals surface area contributed by atoms with Crippen LogP contribution in [0.2, 0.25) is 0 Å². The third kappa shape index (κ3) is 1.82. The Morgan fingerprint density at radius 1 is 1.39 bits per heavy atom. The molecule has 3 N–H and O–H groups in total. The van der Waals surface area contributed by atoms with Crippen molar-refractivity contribution in [3.63, 3.8) is 0 Å². The van der Waals surface area contributed by atoms with Crippen LogP contribution in [0.5, 0.6) is 5.75 Å². The van der Waals surface area contributed by atoms with Crippen LogP contribution in [0, 0.1) is 5.92 Å². The van der Waals surface area contributed by atoms with Gasteiger partial charge in [-0.05, 0) is 62.4 Å². The van der Waals surface area contributed by atoms with Crippen molar-refractivity contribution in [1.82, 2.24) is 4.90 Å². The van der Waals surface area contributed by atoms with Crippen LogP contribution in [0.3, 0.4) is 0 Å². The second kappa shape index (κ2) is 4.56. The summed E-state index contributed by atoms with van der Waals surface area (Å²) < 4.78 is 0. The molecule has 18 heavy (non-hydrogen) atoms. The Bertz CT molecular complexity index is 458. The first-order chi connectivity index (χ1) is 8.70. The molecule has 0 bridgehead atoms. The molecule has 3 nitrogen and oxygen atoms in total. The van der Waals surface area contributed by atoms with E-state index in [-0.39, 0.29) is 0 Å². The molecule has 0 aromatic heterocycles. The highest BCUT2D eigenvalue weighted by molar-refractivity contribution is 5.48. The fourth-order valence-corrected chi connectivity index (χ4v) is 3.67. The quantitative estimate of drug-likeness (QED) is 0.837. The Hall–Kier alpha value is -1.06. The van der Waals surface area contributed by atoms with E-state index >= 15 is 0 Å². The number of nitrogens with zero attached hydrogens (tertiary/aromatic N) is 1. The van der Waals surface area contributed by atoms with Crippen LogP contribution in [0.25, 0.3) is 0 Å². The van der Waals surface area contributed by atoms with Crippen molar-refractivity contribution in [2.45, 2.75) is 31.7 Å². The lowest BCUT2D eigenvalue weighted by atomic mass is 9.93. The number of rotatable bonds is 2. The van der Waals surface area contributed by atoms with E-state index in [2.05, 4.69) is 18.0 Å². The van der Waals surface area contributed by atoms with Gasteiger partial charge in [-0.3, -0.25) is 4.90 Å². The number of aromatic hydroxyl groups is 1. The summed E-state index contributed by atoms with van der Waals surface area (Å²) in [4.78, 5) is 2.35. The van der Waals surface area contributed by atoms with Crippen molar-refractivity contribution in [3.8, 4) is 5.75 Å². The molecule has 0 saturated carbocycles. The van der Waals surface area contributed by atoms with Crippen LogP contribution in [0.4, 0.5) is 0 Å². The van der Waals surface area contributed by atoms with Crippen molar-refractivity contribution < 1.29 is 5.11 Å². The summed E-state index contributed by atoms with van der Waals surface area (Å²) in [5.74, 6) is 1.04. The van der Waals surface area contributed by atoms with E-state index in [0.29, 0.717) is 17.7 Å². The molecule has 98 valence electrons. The van der Waals surface area contributed by atoms with Crippen LogP contribution in [0.15, 0.2) is 12.1 Å². The topological polar surface area (TPSA) is 49.5 Å². The third-order valence-electron chi connectivity index (χ3n) is 4.61. The van der Waals surface area contributed by atoms with E-state index in [1.165, 1.54) is 29.5 Å². The lowest BCUT2D eigenvalue weighted by Gasteiger charge is -2.23. The van der Waals surface area contributed by atoms with Crippen LogP contribution < -0.4 is 5.73 Å². The van der Waals surface area contributed by atoms with E-state index in [1.807, 2.05) is 6.07 Å². The molecular formula is C15H22N2O. The van der Waals surface area contributed by atoms with Crippen LogP contribution in [-0.2, 0) is 12.8 Å². The van der Waals surface area contributed by atoms with Gasteiger partial charge in [-0.2, -0.15) is 0 Å². The largest absolute Gasteiger partial charge is 0.508 e. The average molecular weight is 246 g/mol. The zero-order valence-corrected chi connectivity index (χ0v) is 11.0. The lowest BCUT2D eigenvalue weighted by Crippen LogP contribution is -2.21. The Morgan fingerprint density at radius 2 is 2.22 bits per heavy atom. The molecule has 0 radical (unpaired) electrons. The van der Waals surface area contributed by atoms with Gasteiger partial charge in [0.25, 0.3) is 0 Å². The molecule has 0 amide bonds. The number of benzene rings is 1. The number of aryl methyl sites for hydroxylation is 1. The molecule has 3 rings (SSSR count). The highest BCUT2D eigenvalue weighted by Gasteiger charge is 2.34. The normalized spacial score (nSPS) is 27.7. The second-order valence-electron chi connectivity index (χ2n) is 5.78. The first-order valence-electron chi connectivity index (χ1n) is 6.94. The Kier molecular flexibility index (Phi) is 3.04. The van der Waals surface area contributed by atoms with Gasteiger partial charge in [-0.25, -0.2) is 0 Å². The minimum atomic E-state index is 0.353. The first kappa shape index (κ1) is 12.0. The van der Waals surface area contributed by atoms with Gasteiger partial charge >= 0.3 is 0 Å². The van der Waals surface area contributed by atoms with Gasteiger partial charge in [0.1, 0.15) is 5.75 Å². The molecule has 1 saturated heterocycles. The van der Waals surface area contributed by atoms with Crippen LogP contribution >= 0.6 is 0 Å². The van der Waals surface area contributed by atoms with Gasteiger partial charge in [0.05, 0.1) is 0 Å². The summed E-state index contributed by atoms with van der Waals surface area (Å²) in [6.07, 6.45) is 4.59. The zero-order chi connectivity index (χ0) is 12.7. The van der Waals surface area contributed by atoms with Gasteiger partial charge < -0.3 is 10.8 Å². The summed E-state index contributed by atoms with van der Waals surface area (Å²) in [5, 5.41) is 10.3. The van der Waals surface area contributed by atoms with Crippen molar-refractivity contribution in [2.75, 3.05) is 20.1 Å². The SMILES string of the molecule is CN1CC(CN)CC1c1c(O)ccc2c1CCC2. The number of phenols is 1. The molecule has 1 aromatic rings. The number of likely N-dealkylation sites (tertiary alicyclic amines) is 1. The molecule has 1 fully saturated rings. The molecule has 3 heteroatoms. The van der Waals surface area contributed by atoms with Crippen molar-refractivity contribution in [1.29, 1.82) is 0 Å². The molecule has 2 unspecified atom stereocenters. The molecule has 1 aliphatic carbocycles. The smallest absolute Gasteiger partial charge is 0.120 e. The maximum Gasteiger partial charge on any atom is 0.120 e. The standard InChI is InChI=1S/C15H22N2O/c1-17-9-10(8-16)7-13(17)15-12-4-2-3-11(12)5-6-14(15)18/h5-6,10,13,18H,2-4,7-9,16H2,1H3. The van der Waals surface area contributed by atoms with E-state index < -0.39 is 0 Å². The van der Waals surface area contributed by atoms with Crippen molar-refractivity contribution in [3.05, 3.63) is 28.8 Å². The second-order valence-corrected chi connectivity index (χ2v) is 5.78. The zero-order valence-electron chi connectivity index (χ0n) is 11.0. The van der Waals surface area contributed by atoms with E-state index in [1.54, 1.807) is 0 Å². The summed E-state index contributed by atoms with van der Waals surface area (Å²) in [7, 11) is 2.15. The molecular weight excluding hydrogens is 224 g/mol. The van der Waals surface area contributed by atoms with Gasteiger partial charge in [0, 0.05) is 18.2 Å². The number of hydrogen-bond acceptors (Lipinski definition) is 3. The number of phenolic OH excluding ortho intramolecular Hbond substituents is 1. The molecule has 1 aliphatic heterocycles. The number of fused-ring (bicyclic) bond motifs is 1. The Labute approximate surface area is 109 Å². The van der Waals surface area contributed by atoms with Crippen LogP contribution in [0.1, 0.15) is 35.6 Å². The number of nitrogens with two attached hydrogens (primary N) is 1. The van der Waals surface area contributed by atoms with E-state index in [0.717, 1.165) is 25.9 Å². The molecule has 2 aliphatic rings. The summed E-state index contributed by atoms with van der Waals surface area (Å²) in [6.45, 7) is 1.79. The van der Waals surface area contributed by atoms with Crippen molar-refractivity contribution >= 4 is 0 Å². The fourth-order valence-electron chi connectivity index (χ4n) is 3.67. The number of hydrogen-bond donors (Lipinski definition) is 2. The highest BCUT2D eigenvalue weighted by Crippen LogP contribution is 2.42. The average Bonchev–Trinajstić information content (AvgIpc) is 2.96. The van der Waals surface area contributed by atoms with Gasteiger partial charge in [0.15, 0.2) is 0 Å². The Morgan fingerprint density at radius 3 is 2.94 bits per heavy atom. The molecule has 0 spiro atoms. The minimum Gasteiger partial charge on any atom is -0.508 e. The molecule has 2 atom stereocenters. The summed E-state index contributed by atoms with van der Waals surface area (Å²) in [5.41, 5.74) is 9.83. The van der Waals surface area contributed by atoms with Gasteiger partial charge in [-0.15, -0.1) is 0 Å². The molecule has 1 heterocycles. The maximum atomic E-state index is 10.3. The van der Waals surface area contributed by atoms with Gasteiger partial charge in [-0.1, -0.05) is 6.07 Å². The maximum absolute atomic E-state index is 10.3. The summed E-state index contributed by atoms with van der Waals surface area (Å²) >= 11 is 0. The minimum absolute atomic E-state index is 0.353. The van der Waals surface area contributed by atoms with E-state index in [4.69, 9.17) is 5.73 Å². The predicted molar refractivity (Wildman–Crippen MR) is 72.7 cm³/mol. The first-order valence-corrected chi connectivity index (χ1v) is 6.94. The Balaban J connectivity index is 1.99. The lowest BCUT2D eigenvalue weighted by molar-refractivity contribution is 0.304. The molecule has 1 aromatic carbocycles. The monoisotopic (exact) mass is 246 g/mol. The van der Waals surface area contributed by atoms with E-state index in [9.17, 15) is 5.11 Å². The third-order valence-corrected chi connectivity index (χ3v) is 4.61. The van der Waals surface area contributed by atoms with Crippen LogP contribution in [-0.4, -0.2) is 30.1 Å². The predicted octanol–water partition coefficient (Wildman–Crippen LogP) is 1.83. The highest BCUT2D eigenvalue weighted by atomic mass is 16.3. The van der Waals surface area contributed by atoms with Gasteiger partial charge in [0.2, 0.25) is 0 Å².